The van der Waals surface area contributed by atoms with Crippen LogP contribution in [0, 0.1) is 40.8 Å². The maximum Gasteiger partial charge on any atom is 0.155 e. The average Bonchev–Trinajstić information content (AvgIpc) is 1.88. The molecule has 0 radical (unpaired) electrons. The fourth-order valence-electron chi connectivity index (χ4n) is 0.947. The number of rotatable bonds is 3. The van der Waals surface area contributed by atoms with E-state index in [1.807, 2.05) is 27.7 Å². The van der Waals surface area contributed by atoms with Crippen molar-refractivity contribution in [3.05, 3.63) is 5.32 Å². The van der Waals surface area contributed by atoms with Crippen molar-refractivity contribution in [2.24, 2.45) is 0 Å². The molecule has 70 valence electrons. The summed E-state index contributed by atoms with van der Waals surface area (Å²) in [5, 5.41) is 3.80. The number of amides is 2. The Hall–Kier alpha value is 0.621. The van der Waals surface area contributed by atoms with Gasteiger partial charge in [0, 0.05) is 40.8 Å². The molecule has 0 aromatic carbocycles. The summed E-state index contributed by atoms with van der Waals surface area (Å²) >= 11 is 0. The zero-order valence-corrected chi connectivity index (χ0v) is 11.5. The number of hydrogen-bond donors (Lipinski definition) is 0. The summed E-state index contributed by atoms with van der Waals surface area (Å²) in [5.41, 5.74) is 0. The second-order valence-electron chi connectivity index (χ2n) is 2.64. The molecule has 0 rings (SSSR count). The van der Waals surface area contributed by atoms with Gasteiger partial charge >= 0.3 is 0 Å². The second-order valence-corrected chi connectivity index (χ2v) is 2.64. The first-order valence-corrected chi connectivity index (χ1v) is 4.11. The first kappa shape index (κ1) is 15.1. The van der Waals surface area contributed by atoms with Crippen LogP contribution in [0.15, 0.2) is 0 Å². The van der Waals surface area contributed by atoms with Gasteiger partial charge in [-0.3, -0.25) is 4.79 Å². The van der Waals surface area contributed by atoms with Gasteiger partial charge in [-0.25, -0.2) is 0 Å². The van der Waals surface area contributed by atoms with Crippen LogP contribution in [0.25, 0.3) is 5.32 Å². The average molecular weight is 301 g/mol. The summed E-state index contributed by atoms with van der Waals surface area (Å²) in [5.74, 6) is 0. The van der Waals surface area contributed by atoms with E-state index in [9.17, 15) is 4.79 Å². The fraction of sp³-hybridized carbons (Fsp3) is 0.875. The number of nitrogens with zero attached hydrogens (tertiary/aromatic N) is 2. The largest absolute Gasteiger partial charge is 0.434 e. The Morgan fingerprint density at radius 1 is 1.42 bits per heavy atom. The summed E-state index contributed by atoms with van der Waals surface area (Å²) in [7, 11) is 0. The van der Waals surface area contributed by atoms with Crippen molar-refractivity contribution < 1.29 is 45.6 Å². The summed E-state index contributed by atoms with van der Waals surface area (Å²) < 4.78 is 0. The van der Waals surface area contributed by atoms with Crippen molar-refractivity contribution >= 4 is 6.03 Å². The molecule has 2 amide bonds. The molecule has 0 aromatic rings. The van der Waals surface area contributed by atoms with Crippen molar-refractivity contribution in [1.29, 1.82) is 0 Å². The van der Waals surface area contributed by atoms with Crippen molar-refractivity contribution in [1.82, 2.24) is 4.90 Å². The Balaban J connectivity index is 0. The van der Waals surface area contributed by atoms with Gasteiger partial charge in [-0.15, -0.1) is 0 Å². The third kappa shape index (κ3) is 5.30. The van der Waals surface area contributed by atoms with Crippen molar-refractivity contribution in [3.63, 3.8) is 0 Å². The molecule has 0 saturated carbocycles. The van der Waals surface area contributed by atoms with Crippen LogP contribution in [0.4, 0.5) is 4.79 Å². The van der Waals surface area contributed by atoms with Gasteiger partial charge in [0.2, 0.25) is 0 Å². The normalized spacial score (nSPS) is 9.08. The van der Waals surface area contributed by atoms with E-state index < -0.39 is 0 Å². The van der Waals surface area contributed by atoms with Crippen LogP contribution in [0.2, 0.25) is 0 Å². The molecule has 0 fully saturated rings. The number of carbonyl (C=O) groups excluding carboxylic acids is 1. The first-order chi connectivity index (χ1) is 5.13. The SMILES string of the molecule is CC[N-]C(=O)N(CC)C(C)C.[Nd]. The van der Waals surface area contributed by atoms with E-state index in [0.717, 1.165) is 6.54 Å². The van der Waals surface area contributed by atoms with Gasteiger partial charge < -0.3 is 10.2 Å². The fourth-order valence-corrected chi connectivity index (χ4v) is 0.947. The van der Waals surface area contributed by atoms with Crippen LogP contribution >= 0.6 is 0 Å². The van der Waals surface area contributed by atoms with Crippen molar-refractivity contribution in [2.45, 2.75) is 33.7 Å². The van der Waals surface area contributed by atoms with Crippen LogP contribution in [0.3, 0.4) is 0 Å². The molecule has 12 heavy (non-hydrogen) atoms. The van der Waals surface area contributed by atoms with Crippen LogP contribution in [0.1, 0.15) is 27.7 Å². The maximum absolute atomic E-state index is 11.2. The zero-order chi connectivity index (χ0) is 8.85. The second kappa shape index (κ2) is 8.23. The first-order valence-electron chi connectivity index (χ1n) is 4.11. The molecule has 0 aliphatic heterocycles. The number of hydrogen-bond acceptors (Lipinski definition) is 1. The molecule has 0 heterocycles. The molecule has 0 saturated heterocycles. The topological polar surface area (TPSA) is 34.4 Å². The van der Waals surface area contributed by atoms with Gasteiger partial charge in [0.25, 0.3) is 0 Å². The molecule has 0 bridgehead atoms. The summed E-state index contributed by atoms with van der Waals surface area (Å²) in [4.78, 5) is 12.9. The molecule has 0 aliphatic carbocycles. The predicted molar refractivity (Wildman–Crippen MR) is 46.8 cm³/mol. The van der Waals surface area contributed by atoms with E-state index in [1.165, 1.54) is 0 Å². The van der Waals surface area contributed by atoms with Gasteiger partial charge in [0.05, 0.1) is 0 Å². The smallest absolute Gasteiger partial charge is 0.155 e. The molecular formula is C8H17N2NdO-. The Morgan fingerprint density at radius 3 is 2.17 bits per heavy atom. The molecule has 0 aliphatic rings. The standard InChI is InChI=1S/C8H18N2O.Nd/c1-5-9-8(11)10(6-2)7(3)4;/h7H,5-6H2,1-4H3,(H,9,11);/p-1. The van der Waals surface area contributed by atoms with Crippen LogP contribution in [0.5, 0.6) is 0 Å². The van der Waals surface area contributed by atoms with Gasteiger partial charge in [-0.1, -0.05) is 34.2 Å². The quantitative estimate of drug-likeness (QED) is 0.787. The molecule has 0 atom stereocenters. The van der Waals surface area contributed by atoms with Crippen molar-refractivity contribution in [3.8, 4) is 0 Å². The van der Waals surface area contributed by atoms with Crippen LogP contribution in [-0.4, -0.2) is 30.1 Å². The minimum Gasteiger partial charge on any atom is -0.434 e. The summed E-state index contributed by atoms with van der Waals surface area (Å²) in [6.45, 7) is 9.12. The van der Waals surface area contributed by atoms with Crippen LogP contribution in [-0.2, 0) is 0 Å². The number of carbonyl (C=O) groups is 1. The predicted octanol–water partition coefficient (Wildman–Crippen LogP) is 2.23. The minimum atomic E-state index is -0.0926. The molecule has 0 unspecified atom stereocenters. The van der Waals surface area contributed by atoms with E-state index in [2.05, 4.69) is 5.32 Å². The Labute approximate surface area is 108 Å². The zero-order valence-electron chi connectivity index (χ0n) is 8.29. The molecule has 0 aromatic heterocycles. The Kier molecular flexibility index (Phi) is 10.4. The van der Waals surface area contributed by atoms with E-state index in [-0.39, 0.29) is 52.9 Å². The van der Waals surface area contributed by atoms with Crippen molar-refractivity contribution in [2.75, 3.05) is 13.1 Å². The molecular weight excluding hydrogens is 284 g/mol. The Morgan fingerprint density at radius 2 is 1.92 bits per heavy atom. The van der Waals surface area contributed by atoms with Gasteiger partial charge in [-0.05, 0) is 12.6 Å². The molecule has 0 N–H and O–H groups in total. The van der Waals surface area contributed by atoms with E-state index in [1.54, 1.807) is 4.90 Å². The molecule has 0 spiro atoms. The Bertz CT molecular complexity index is 128. The van der Waals surface area contributed by atoms with Gasteiger partial charge in [0.15, 0.2) is 6.03 Å². The van der Waals surface area contributed by atoms with E-state index in [4.69, 9.17) is 0 Å². The number of urea groups is 1. The van der Waals surface area contributed by atoms with Crippen LogP contribution < -0.4 is 0 Å². The van der Waals surface area contributed by atoms with Gasteiger partial charge in [0.1, 0.15) is 0 Å². The summed E-state index contributed by atoms with van der Waals surface area (Å²) in [6.07, 6.45) is 0. The molecule has 4 heteroatoms. The maximum atomic E-state index is 11.2. The summed E-state index contributed by atoms with van der Waals surface area (Å²) in [6, 6.07) is 0.160. The third-order valence-electron chi connectivity index (χ3n) is 1.50. The monoisotopic (exact) mass is 299 g/mol. The molecule has 3 nitrogen and oxygen atoms in total. The third-order valence-corrected chi connectivity index (χ3v) is 1.50. The van der Waals surface area contributed by atoms with Gasteiger partial charge in [-0.2, -0.15) is 0 Å². The minimum absolute atomic E-state index is 0. The van der Waals surface area contributed by atoms with E-state index >= 15 is 0 Å². The van der Waals surface area contributed by atoms with E-state index in [0.29, 0.717) is 6.54 Å².